The first-order chi connectivity index (χ1) is 16.6. The van der Waals surface area contributed by atoms with Crippen molar-refractivity contribution in [3.63, 3.8) is 0 Å². The second kappa shape index (κ2) is 9.55. The Bertz CT molecular complexity index is 1310. The van der Waals surface area contributed by atoms with Crippen molar-refractivity contribution in [3.05, 3.63) is 75.9 Å². The first kappa shape index (κ1) is 22.5. The van der Waals surface area contributed by atoms with E-state index in [-0.39, 0.29) is 29.2 Å². The molecule has 172 valence electrons. The smallest absolute Gasteiger partial charge is 0.263 e. The third-order valence-electron chi connectivity index (χ3n) is 5.81. The second-order valence-electron chi connectivity index (χ2n) is 8.05. The number of nitrogens with zero attached hydrogens (tertiary/aromatic N) is 3. The van der Waals surface area contributed by atoms with Gasteiger partial charge in [0.25, 0.3) is 5.91 Å². The van der Waals surface area contributed by atoms with E-state index in [0.717, 1.165) is 17.9 Å². The molecule has 2 aliphatic rings. The van der Waals surface area contributed by atoms with E-state index in [0.29, 0.717) is 28.7 Å². The fourth-order valence-corrected chi connectivity index (χ4v) is 4.49. The van der Waals surface area contributed by atoms with E-state index in [9.17, 15) is 4.79 Å². The van der Waals surface area contributed by atoms with Crippen molar-refractivity contribution in [1.82, 2.24) is 4.98 Å². The average molecular weight is 494 g/mol. The molecule has 0 saturated heterocycles. The Morgan fingerprint density at radius 3 is 2.65 bits per heavy atom. The number of anilines is 2. The number of para-hydroxylation sites is 2. The normalized spacial score (nSPS) is 14.8. The molecule has 1 saturated carbocycles. The lowest BCUT2D eigenvalue weighted by Gasteiger charge is -2.38. The number of aliphatic hydroxyl groups excluding tert-OH is 1. The zero-order valence-electron chi connectivity index (χ0n) is 18.2. The van der Waals surface area contributed by atoms with E-state index in [1.807, 2.05) is 18.2 Å². The van der Waals surface area contributed by atoms with Gasteiger partial charge in [-0.05, 0) is 43.2 Å². The lowest BCUT2D eigenvalue weighted by Crippen LogP contribution is -2.45. The maximum atomic E-state index is 13.7. The Labute approximate surface area is 207 Å². The number of benzene rings is 2. The number of rotatable bonds is 4. The van der Waals surface area contributed by atoms with Gasteiger partial charge in [0.15, 0.2) is 0 Å². The van der Waals surface area contributed by atoms with Crippen LogP contribution in [0.2, 0.25) is 10.0 Å². The number of fused-ring (bicyclic) bond motifs is 1. The predicted molar refractivity (Wildman–Crippen MR) is 133 cm³/mol. The molecule has 3 aromatic rings. The topological polar surface area (TPSA) is 65.9 Å². The van der Waals surface area contributed by atoms with Crippen LogP contribution in [0.1, 0.15) is 28.8 Å². The summed E-state index contributed by atoms with van der Waals surface area (Å²) in [6.07, 6.45) is 3.94. The molecule has 2 aromatic carbocycles. The maximum Gasteiger partial charge on any atom is 0.263 e. The van der Waals surface area contributed by atoms with Gasteiger partial charge in [-0.25, -0.2) is 4.98 Å². The third-order valence-corrected chi connectivity index (χ3v) is 6.42. The highest BCUT2D eigenvalue weighted by Gasteiger charge is 2.36. The van der Waals surface area contributed by atoms with Gasteiger partial charge in [0, 0.05) is 37.0 Å². The molecule has 0 bridgehead atoms. The summed E-state index contributed by atoms with van der Waals surface area (Å²) in [6.45, 7) is 1.07. The zero-order chi connectivity index (χ0) is 23.7. The molecule has 1 fully saturated rings. The Morgan fingerprint density at radius 1 is 1.09 bits per heavy atom. The number of aliphatic hydroxyl groups is 1. The minimum Gasteiger partial charge on any atom is -0.437 e. The minimum atomic E-state index is -0.288. The van der Waals surface area contributed by atoms with Crippen molar-refractivity contribution in [2.45, 2.75) is 18.9 Å². The number of carbonyl (C=O) groups excluding carboxylic acids is 1. The van der Waals surface area contributed by atoms with Crippen molar-refractivity contribution in [3.8, 4) is 23.5 Å². The number of amides is 1. The lowest BCUT2D eigenvalue weighted by molar-refractivity contribution is 0.0983. The van der Waals surface area contributed by atoms with Crippen molar-refractivity contribution < 1.29 is 14.6 Å². The van der Waals surface area contributed by atoms with Crippen molar-refractivity contribution in [2.24, 2.45) is 0 Å². The van der Waals surface area contributed by atoms with Crippen LogP contribution in [0.25, 0.3) is 0 Å². The summed E-state index contributed by atoms with van der Waals surface area (Å²) in [5.41, 5.74) is 2.75. The molecular weight excluding hydrogens is 473 g/mol. The SMILES string of the molecule is O=C(c1cccnc1Oc1cc(Cl)c(C#CCO)cc1Cl)N1CCN(C2CC2)c2ccccc21. The molecule has 0 radical (unpaired) electrons. The van der Waals surface area contributed by atoms with Gasteiger partial charge in [0.05, 0.1) is 21.4 Å². The van der Waals surface area contributed by atoms with Gasteiger partial charge in [-0.15, -0.1) is 0 Å². The summed E-state index contributed by atoms with van der Waals surface area (Å²) >= 11 is 12.7. The summed E-state index contributed by atoms with van der Waals surface area (Å²) in [4.78, 5) is 22.1. The van der Waals surface area contributed by atoms with Crippen LogP contribution >= 0.6 is 23.2 Å². The molecule has 0 spiro atoms. The number of carbonyl (C=O) groups is 1. The molecule has 1 N–H and O–H groups in total. The largest absolute Gasteiger partial charge is 0.437 e. The van der Waals surface area contributed by atoms with E-state index in [1.54, 1.807) is 29.3 Å². The number of hydrogen-bond donors (Lipinski definition) is 1. The Morgan fingerprint density at radius 2 is 1.88 bits per heavy atom. The highest BCUT2D eigenvalue weighted by atomic mass is 35.5. The fourth-order valence-electron chi connectivity index (χ4n) is 4.08. The maximum absolute atomic E-state index is 13.7. The lowest BCUT2D eigenvalue weighted by atomic mass is 10.1. The van der Waals surface area contributed by atoms with Crippen LogP contribution in [0.4, 0.5) is 11.4 Å². The molecule has 2 heterocycles. The van der Waals surface area contributed by atoms with E-state index in [2.05, 4.69) is 27.8 Å². The Kier molecular flexibility index (Phi) is 6.34. The predicted octanol–water partition coefficient (Wildman–Crippen LogP) is 5.15. The third kappa shape index (κ3) is 4.43. The molecule has 0 atom stereocenters. The quantitative estimate of drug-likeness (QED) is 0.508. The van der Waals surface area contributed by atoms with E-state index in [4.69, 9.17) is 33.0 Å². The molecule has 6 nitrogen and oxygen atoms in total. The van der Waals surface area contributed by atoms with Gasteiger partial charge in [0.1, 0.15) is 17.9 Å². The minimum absolute atomic E-state index is 0.141. The molecule has 8 heteroatoms. The summed E-state index contributed by atoms with van der Waals surface area (Å²) in [5.74, 6) is 5.48. The Balaban J connectivity index is 1.45. The summed E-state index contributed by atoms with van der Waals surface area (Å²) in [6, 6.07) is 15.0. The van der Waals surface area contributed by atoms with Crippen LogP contribution in [0, 0.1) is 11.8 Å². The number of hydrogen-bond acceptors (Lipinski definition) is 5. The van der Waals surface area contributed by atoms with Gasteiger partial charge < -0.3 is 19.6 Å². The summed E-state index contributed by atoms with van der Waals surface area (Å²) < 4.78 is 5.97. The van der Waals surface area contributed by atoms with Gasteiger partial charge in [-0.1, -0.05) is 47.2 Å². The van der Waals surface area contributed by atoms with Crippen LogP contribution in [0.5, 0.6) is 11.6 Å². The standard InChI is InChI=1S/C26H21Cl2N3O3/c27-20-16-24(21(28)15-17(20)5-4-14-32)34-25-19(6-3-11-29-25)26(33)31-13-12-30(18-9-10-18)22-7-1-2-8-23(22)31/h1-3,6-8,11,15-16,18,32H,9-10,12-14H2. The van der Waals surface area contributed by atoms with Gasteiger partial charge in [-0.2, -0.15) is 0 Å². The average Bonchev–Trinajstić information content (AvgIpc) is 3.70. The molecule has 1 aromatic heterocycles. The van der Waals surface area contributed by atoms with Crippen LogP contribution in [-0.4, -0.2) is 41.7 Å². The van der Waals surface area contributed by atoms with Crippen molar-refractivity contribution in [2.75, 3.05) is 29.5 Å². The Hall–Kier alpha value is -3.24. The van der Waals surface area contributed by atoms with Crippen LogP contribution < -0.4 is 14.5 Å². The number of aromatic nitrogens is 1. The van der Waals surface area contributed by atoms with Crippen LogP contribution in [0.15, 0.2) is 54.7 Å². The molecule has 0 unspecified atom stereocenters. The number of halogens is 2. The van der Waals surface area contributed by atoms with Gasteiger partial charge in [0.2, 0.25) is 5.88 Å². The number of ether oxygens (including phenoxy) is 1. The second-order valence-corrected chi connectivity index (χ2v) is 8.87. The highest BCUT2D eigenvalue weighted by molar-refractivity contribution is 6.35. The molecule has 5 rings (SSSR count). The monoisotopic (exact) mass is 493 g/mol. The van der Waals surface area contributed by atoms with E-state index >= 15 is 0 Å². The van der Waals surface area contributed by atoms with Crippen LogP contribution in [0.3, 0.4) is 0 Å². The molecule has 1 amide bonds. The molecule has 1 aliphatic heterocycles. The number of pyridine rings is 1. The molecular formula is C26H21Cl2N3O3. The van der Waals surface area contributed by atoms with E-state index in [1.165, 1.54) is 18.9 Å². The van der Waals surface area contributed by atoms with E-state index < -0.39 is 0 Å². The van der Waals surface area contributed by atoms with Crippen molar-refractivity contribution in [1.29, 1.82) is 0 Å². The van der Waals surface area contributed by atoms with Gasteiger partial charge >= 0.3 is 0 Å². The molecule has 1 aliphatic carbocycles. The van der Waals surface area contributed by atoms with Crippen LogP contribution in [-0.2, 0) is 0 Å². The first-order valence-corrected chi connectivity index (χ1v) is 11.7. The van der Waals surface area contributed by atoms with Gasteiger partial charge in [-0.3, -0.25) is 4.79 Å². The fraction of sp³-hybridized carbons (Fsp3) is 0.231. The first-order valence-electron chi connectivity index (χ1n) is 11.0. The molecule has 34 heavy (non-hydrogen) atoms. The zero-order valence-corrected chi connectivity index (χ0v) is 19.7. The highest BCUT2D eigenvalue weighted by Crippen LogP contribution is 2.41. The summed E-state index contributed by atoms with van der Waals surface area (Å²) in [7, 11) is 0. The van der Waals surface area contributed by atoms with Crippen molar-refractivity contribution >= 4 is 40.5 Å². The summed E-state index contributed by atoms with van der Waals surface area (Å²) in [5, 5.41) is 9.49.